The highest BCUT2D eigenvalue weighted by Crippen LogP contribution is 2.29. The zero-order valence-corrected chi connectivity index (χ0v) is 12.4. The lowest BCUT2D eigenvalue weighted by Crippen LogP contribution is -2.05. The van der Waals surface area contributed by atoms with E-state index in [1.165, 1.54) is 12.1 Å². The molecule has 0 heterocycles. The first-order chi connectivity index (χ1) is 10.1. The van der Waals surface area contributed by atoms with Gasteiger partial charge in [0.15, 0.2) is 11.6 Å². The Labute approximate surface area is 127 Å². The third-order valence-corrected chi connectivity index (χ3v) is 3.14. The van der Waals surface area contributed by atoms with Gasteiger partial charge in [-0.25, -0.2) is 8.78 Å². The second-order valence-corrected chi connectivity index (χ2v) is 4.99. The van der Waals surface area contributed by atoms with Gasteiger partial charge < -0.3 is 10.1 Å². The highest BCUT2D eigenvalue weighted by Gasteiger charge is 2.09. The molecule has 112 valence electrons. The molecule has 5 heteroatoms. The Bertz CT molecular complexity index is 619. The molecule has 0 fully saturated rings. The third-order valence-electron chi connectivity index (χ3n) is 2.90. The SMILES string of the molecule is CCCOc1ccc(Cl)cc1NCc1cccc(F)c1F. The summed E-state index contributed by atoms with van der Waals surface area (Å²) in [5.41, 5.74) is 0.899. The molecule has 0 aliphatic heterocycles. The molecule has 0 saturated heterocycles. The van der Waals surface area contributed by atoms with Gasteiger partial charge in [-0.1, -0.05) is 30.7 Å². The van der Waals surface area contributed by atoms with Crippen molar-refractivity contribution in [3.8, 4) is 5.75 Å². The predicted octanol–water partition coefficient (Wildman–Crippen LogP) is 5.02. The molecule has 2 aromatic carbocycles. The first-order valence-electron chi connectivity index (χ1n) is 6.71. The number of benzene rings is 2. The Morgan fingerprint density at radius 3 is 2.76 bits per heavy atom. The topological polar surface area (TPSA) is 21.3 Å². The molecule has 0 spiro atoms. The Kier molecular flexibility index (Phi) is 5.39. The monoisotopic (exact) mass is 311 g/mol. The maximum atomic E-state index is 13.6. The van der Waals surface area contributed by atoms with Crippen LogP contribution in [0.4, 0.5) is 14.5 Å². The fourth-order valence-electron chi connectivity index (χ4n) is 1.85. The van der Waals surface area contributed by atoms with Crippen molar-refractivity contribution in [3.05, 3.63) is 58.6 Å². The van der Waals surface area contributed by atoms with E-state index in [0.717, 1.165) is 12.5 Å². The second-order valence-electron chi connectivity index (χ2n) is 4.56. The zero-order valence-electron chi connectivity index (χ0n) is 11.6. The Morgan fingerprint density at radius 1 is 1.19 bits per heavy atom. The van der Waals surface area contributed by atoms with Crippen molar-refractivity contribution in [3.63, 3.8) is 0 Å². The van der Waals surface area contributed by atoms with Crippen molar-refractivity contribution in [2.75, 3.05) is 11.9 Å². The molecule has 1 N–H and O–H groups in total. The Morgan fingerprint density at radius 2 is 2.00 bits per heavy atom. The lowest BCUT2D eigenvalue weighted by atomic mass is 10.2. The number of halogens is 3. The van der Waals surface area contributed by atoms with Crippen LogP contribution in [0.3, 0.4) is 0 Å². The summed E-state index contributed by atoms with van der Waals surface area (Å²) in [5, 5.41) is 3.57. The minimum atomic E-state index is -0.858. The van der Waals surface area contributed by atoms with Crippen molar-refractivity contribution in [1.82, 2.24) is 0 Å². The summed E-state index contributed by atoms with van der Waals surface area (Å²) in [6.45, 7) is 2.72. The van der Waals surface area contributed by atoms with Crippen LogP contribution in [0.25, 0.3) is 0 Å². The maximum Gasteiger partial charge on any atom is 0.163 e. The smallest absolute Gasteiger partial charge is 0.163 e. The molecule has 0 amide bonds. The van der Waals surface area contributed by atoms with E-state index in [9.17, 15) is 8.78 Å². The van der Waals surface area contributed by atoms with Crippen LogP contribution < -0.4 is 10.1 Å². The van der Waals surface area contributed by atoms with Crippen LogP contribution in [0.2, 0.25) is 5.02 Å². The quantitative estimate of drug-likeness (QED) is 0.809. The Balaban J connectivity index is 2.15. The van der Waals surface area contributed by atoms with Crippen molar-refractivity contribution in [2.45, 2.75) is 19.9 Å². The third kappa shape index (κ3) is 4.08. The summed E-state index contributed by atoms with van der Waals surface area (Å²) in [7, 11) is 0. The number of anilines is 1. The standard InChI is InChI=1S/C16H16ClF2NO/c1-2-8-21-15-7-6-12(17)9-14(15)20-10-11-4-3-5-13(18)16(11)19/h3-7,9,20H,2,8,10H2,1H3. The minimum absolute atomic E-state index is 0.145. The van der Waals surface area contributed by atoms with Gasteiger partial charge in [0.1, 0.15) is 5.75 Å². The van der Waals surface area contributed by atoms with Gasteiger partial charge in [0.25, 0.3) is 0 Å². The number of nitrogens with one attached hydrogen (secondary N) is 1. The number of hydrogen-bond donors (Lipinski definition) is 1. The average molecular weight is 312 g/mol. The predicted molar refractivity (Wildman–Crippen MR) is 80.9 cm³/mol. The van der Waals surface area contributed by atoms with Gasteiger partial charge in [0.05, 0.1) is 12.3 Å². The van der Waals surface area contributed by atoms with Gasteiger partial charge in [-0.3, -0.25) is 0 Å². The second kappa shape index (κ2) is 7.27. The largest absolute Gasteiger partial charge is 0.491 e. The van der Waals surface area contributed by atoms with E-state index in [1.807, 2.05) is 6.92 Å². The van der Waals surface area contributed by atoms with Gasteiger partial charge in [0.2, 0.25) is 0 Å². The van der Waals surface area contributed by atoms with Gasteiger partial charge in [0, 0.05) is 17.1 Å². The van der Waals surface area contributed by atoms with Crippen LogP contribution >= 0.6 is 11.6 Å². The van der Waals surface area contributed by atoms with E-state index in [4.69, 9.17) is 16.3 Å². The average Bonchev–Trinajstić information content (AvgIpc) is 2.48. The molecule has 0 aliphatic rings. The van der Waals surface area contributed by atoms with Crippen LogP contribution in [0.5, 0.6) is 5.75 Å². The molecule has 2 rings (SSSR count). The fourth-order valence-corrected chi connectivity index (χ4v) is 2.03. The summed E-state index contributed by atoms with van der Waals surface area (Å²) in [4.78, 5) is 0. The van der Waals surface area contributed by atoms with Crippen molar-refractivity contribution >= 4 is 17.3 Å². The molecular weight excluding hydrogens is 296 g/mol. The van der Waals surface area contributed by atoms with Crippen LogP contribution in [0, 0.1) is 11.6 Å². The van der Waals surface area contributed by atoms with E-state index >= 15 is 0 Å². The zero-order chi connectivity index (χ0) is 15.2. The van der Waals surface area contributed by atoms with Crippen LogP contribution in [0.1, 0.15) is 18.9 Å². The molecule has 0 radical (unpaired) electrons. The van der Waals surface area contributed by atoms with E-state index < -0.39 is 11.6 Å². The van der Waals surface area contributed by atoms with Gasteiger partial charge in [-0.05, 0) is 30.7 Å². The highest BCUT2D eigenvalue weighted by molar-refractivity contribution is 6.30. The molecular formula is C16H16ClF2NO. The Hall–Kier alpha value is -1.81. The van der Waals surface area contributed by atoms with Crippen molar-refractivity contribution in [2.24, 2.45) is 0 Å². The van der Waals surface area contributed by atoms with Crippen LogP contribution in [0.15, 0.2) is 36.4 Å². The summed E-state index contributed by atoms with van der Waals surface area (Å²) >= 11 is 5.96. The lowest BCUT2D eigenvalue weighted by molar-refractivity contribution is 0.319. The van der Waals surface area contributed by atoms with Gasteiger partial charge in [-0.15, -0.1) is 0 Å². The first kappa shape index (κ1) is 15.6. The summed E-state index contributed by atoms with van der Waals surface area (Å²) in [5.74, 6) is -1.07. The first-order valence-corrected chi connectivity index (χ1v) is 7.08. The fraction of sp³-hybridized carbons (Fsp3) is 0.250. The van der Waals surface area contributed by atoms with E-state index in [-0.39, 0.29) is 12.1 Å². The molecule has 0 unspecified atom stereocenters. The lowest BCUT2D eigenvalue weighted by Gasteiger charge is -2.14. The van der Waals surface area contributed by atoms with E-state index in [2.05, 4.69) is 5.32 Å². The molecule has 2 aromatic rings. The highest BCUT2D eigenvalue weighted by atomic mass is 35.5. The van der Waals surface area contributed by atoms with Crippen LogP contribution in [-0.2, 0) is 6.54 Å². The maximum absolute atomic E-state index is 13.6. The summed E-state index contributed by atoms with van der Waals surface area (Å²) in [6.07, 6.45) is 0.876. The number of rotatable bonds is 6. The minimum Gasteiger partial charge on any atom is -0.491 e. The summed E-state index contributed by atoms with van der Waals surface area (Å²) in [6, 6.07) is 9.27. The van der Waals surface area contributed by atoms with Gasteiger partial charge in [-0.2, -0.15) is 0 Å². The van der Waals surface area contributed by atoms with E-state index in [1.54, 1.807) is 18.2 Å². The molecule has 0 bridgehead atoms. The normalized spacial score (nSPS) is 10.5. The summed E-state index contributed by atoms with van der Waals surface area (Å²) < 4.78 is 32.4. The molecule has 21 heavy (non-hydrogen) atoms. The van der Waals surface area contributed by atoms with Crippen molar-refractivity contribution in [1.29, 1.82) is 0 Å². The molecule has 0 saturated carbocycles. The van der Waals surface area contributed by atoms with Crippen molar-refractivity contribution < 1.29 is 13.5 Å². The number of ether oxygens (including phenoxy) is 1. The molecule has 0 atom stereocenters. The number of hydrogen-bond acceptors (Lipinski definition) is 2. The van der Waals surface area contributed by atoms with Crippen LogP contribution in [-0.4, -0.2) is 6.61 Å². The molecule has 0 aromatic heterocycles. The molecule has 2 nitrogen and oxygen atoms in total. The van der Waals surface area contributed by atoms with Gasteiger partial charge >= 0.3 is 0 Å². The van der Waals surface area contributed by atoms with E-state index in [0.29, 0.717) is 23.1 Å². The molecule has 0 aliphatic carbocycles.